The predicted molar refractivity (Wildman–Crippen MR) is 108 cm³/mol. The van der Waals surface area contributed by atoms with Crippen LogP contribution in [0.15, 0.2) is 48.5 Å². The summed E-state index contributed by atoms with van der Waals surface area (Å²) < 4.78 is 30.9. The lowest BCUT2D eigenvalue weighted by atomic mass is 10.1. The molecule has 0 atom stereocenters. The third-order valence-electron chi connectivity index (χ3n) is 3.50. The monoisotopic (exact) mass is 405 g/mol. The average molecular weight is 405 g/mol. The maximum Gasteiger partial charge on any atom is 0.253 e. The van der Waals surface area contributed by atoms with Gasteiger partial charge < -0.3 is 15.4 Å². The van der Waals surface area contributed by atoms with Crippen LogP contribution in [0.1, 0.15) is 23.7 Å². The molecule has 9 heteroatoms. The van der Waals surface area contributed by atoms with Gasteiger partial charge in [0.15, 0.2) is 0 Å². The van der Waals surface area contributed by atoms with Crippen LogP contribution in [0.3, 0.4) is 0 Å². The van der Waals surface area contributed by atoms with Gasteiger partial charge in [-0.3, -0.25) is 14.3 Å². The highest BCUT2D eigenvalue weighted by molar-refractivity contribution is 7.92. The lowest BCUT2D eigenvalue weighted by Crippen LogP contribution is -2.27. The second-order valence-electron chi connectivity index (χ2n) is 6.09. The highest BCUT2D eigenvalue weighted by Crippen LogP contribution is 2.22. The fraction of sp³-hybridized carbons (Fsp3) is 0.263. The van der Waals surface area contributed by atoms with Gasteiger partial charge in [-0.1, -0.05) is 18.2 Å². The molecule has 2 aromatic rings. The molecule has 2 aromatic carbocycles. The van der Waals surface area contributed by atoms with E-state index in [0.29, 0.717) is 25.3 Å². The van der Waals surface area contributed by atoms with Gasteiger partial charge in [0.2, 0.25) is 15.9 Å². The summed E-state index contributed by atoms with van der Waals surface area (Å²) in [6.45, 7) is 2.11. The lowest BCUT2D eigenvalue weighted by Gasteiger charge is -2.13. The zero-order valence-electron chi connectivity index (χ0n) is 15.7. The number of anilines is 2. The van der Waals surface area contributed by atoms with Gasteiger partial charge >= 0.3 is 0 Å². The van der Waals surface area contributed by atoms with Crippen molar-refractivity contribution in [2.24, 2.45) is 0 Å². The minimum absolute atomic E-state index is 0.112. The standard InChI is InChI=1S/C19H23N3O5S/c1-14(23)21-15-9-10-18(22-28(2,25)26)17(13-15)19(24)20-11-6-12-27-16-7-4-3-5-8-16/h3-5,7-10,13,22H,6,11-12H2,1-2H3,(H,20,24)(H,21,23). The van der Waals surface area contributed by atoms with E-state index < -0.39 is 15.9 Å². The van der Waals surface area contributed by atoms with Crippen LogP contribution in [-0.2, 0) is 14.8 Å². The summed E-state index contributed by atoms with van der Waals surface area (Å²) >= 11 is 0. The Morgan fingerprint density at radius 2 is 1.79 bits per heavy atom. The molecule has 0 aliphatic heterocycles. The van der Waals surface area contributed by atoms with Crippen LogP contribution >= 0.6 is 0 Å². The lowest BCUT2D eigenvalue weighted by molar-refractivity contribution is -0.114. The first kappa shape index (κ1) is 21.2. The summed E-state index contributed by atoms with van der Waals surface area (Å²) in [6.07, 6.45) is 1.57. The van der Waals surface area contributed by atoms with Crippen molar-refractivity contribution in [1.29, 1.82) is 0 Å². The van der Waals surface area contributed by atoms with Gasteiger partial charge in [0, 0.05) is 19.2 Å². The number of benzene rings is 2. The molecular weight excluding hydrogens is 382 g/mol. The van der Waals surface area contributed by atoms with Gasteiger partial charge in [0.05, 0.1) is 24.1 Å². The Morgan fingerprint density at radius 3 is 2.43 bits per heavy atom. The van der Waals surface area contributed by atoms with Gasteiger partial charge in [-0.15, -0.1) is 0 Å². The Labute approximate surface area is 164 Å². The molecule has 0 bridgehead atoms. The Morgan fingerprint density at radius 1 is 1.07 bits per heavy atom. The minimum atomic E-state index is -3.57. The number of hydrogen-bond donors (Lipinski definition) is 3. The molecule has 0 heterocycles. The van der Waals surface area contributed by atoms with E-state index in [1.165, 1.54) is 25.1 Å². The van der Waals surface area contributed by atoms with Crippen molar-refractivity contribution in [3.63, 3.8) is 0 Å². The molecule has 0 unspecified atom stereocenters. The van der Waals surface area contributed by atoms with Crippen LogP contribution < -0.4 is 20.1 Å². The molecule has 0 saturated carbocycles. The second kappa shape index (κ2) is 9.75. The fourth-order valence-corrected chi connectivity index (χ4v) is 2.96. The molecule has 2 rings (SSSR count). The molecule has 0 saturated heterocycles. The van der Waals surface area contributed by atoms with Gasteiger partial charge in [-0.2, -0.15) is 0 Å². The molecule has 150 valence electrons. The number of carbonyl (C=O) groups is 2. The zero-order valence-corrected chi connectivity index (χ0v) is 16.5. The molecule has 2 amide bonds. The van der Waals surface area contributed by atoms with Crippen molar-refractivity contribution < 1.29 is 22.7 Å². The van der Waals surface area contributed by atoms with Crippen molar-refractivity contribution in [2.75, 3.05) is 29.4 Å². The maximum absolute atomic E-state index is 12.5. The molecule has 0 aliphatic rings. The first-order chi connectivity index (χ1) is 13.2. The highest BCUT2D eigenvalue weighted by Gasteiger charge is 2.15. The van der Waals surface area contributed by atoms with E-state index in [4.69, 9.17) is 4.74 Å². The quantitative estimate of drug-likeness (QED) is 0.554. The summed E-state index contributed by atoms with van der Waals surface area (Å²) in [5, 5.41) is 5.29. The van der Waals surface area contributed by atoms with Crippen molar-refractivity contribution in [3.8, 4) is 5.75 Å². The van der Waals surface area contributed by atoms with Gasteiger partial charge in [-0.25, -0.2) is 8.42 Å². The summed E-state index contributed by atoms with van der Waals surface area (Å²) in [5.74, 6) is -0.0113. The summed E-state index contributed by atoms with van der Waals surface area (Å²) in [6, 6.07) is 13.7. The normalized spacial score (nSPS) is 10.8. The minimum Gasteiger partial charge on any atom is -0.494 e. The first-order valence-electron chi connectivity index (χ1n) is 8.60. The molecule has 0 aliphatic carbocycles. The molecule has 3 N–H and O–H groups in total. The first-order valence-corrected chi connectivity index (χ1v) is 10.5. The van der Waals surface area contributed by atoms with Crippen LogP contribution in [0.5, 0.6) is 5.75 Å². The molecule has 28 heavy (non-hydrogen) atoms. The topological polar surface area (TPSA) is 114 Å². The zero-order chi connectivity index (χ0) is 20.6. The van der Waals surface area contributed by atoms with E-state index in [1.807, 2.05) is 30.3 Å². The number of hydrogen-bond acceptors (Lipinski definition) is 5. The van der Waals surface area contributed by atoms with Gasteiger partial charge in [0.1, 0.15) is 5.75 Å². The largest absolute Gasteiger partial charge is 0.494 e. The summed E-state index contributed by atoms with van der Waals surface area (Å²) in [7, 11) is -3.57. The van der Waals surface area contributed by atoms with E-state index in [0.717, 1.165) is 12.0 Å². The number of carbonyl (C=O) groups excluding carboxylic acids is 2. The third-order valence-corrected chi connectivity index (χ3v) is 4.09. The number of rotatable bonds is 9. The van der Waals surface area contributed by atoms with Gasteiger partial charge in [-0.05, 0) is 36.8 Å². The Kier molecular flexibility index (Phi) is 7.39. The van der Waals surface area contributed by atoms with Crippen molar-refractivity contribution in [1.82, 2.24) is 5.32 Å². The van der Waals surface area contributed by atoms with E-state index in [-0.39, 0.29) is 17.2 Å². The van der Waals surface area contributed by atoms with Crippen molar-refractivity contribution >= 4 is 33.2 Å². The SMILES string of the molecule is CC(=O)Nc1ccc(NS(C)(=O)=O)c(C(=O)NCCCOc2ccccc2)c1. The molecule has 8 nitrogen and oxygen atoms in total. The van der Waals surface area contributed by atoms with E-state index in [1.54, 1.807) is 0 Å². The van der Waals surface area contributed by atoms with Gasteiger partial charge in [0.25, 0.3) is 5.91 Å². The van der Waals surface area contributed by atoms with E-state index >= 15 is 0 Å². The smallest absolute Gasteiger partial charge is 0.253 e. The predicted octanol–water partition coefficient (Wildman–Crippen LogP) is 2.22. The summed E-state index contributed by atoms with van der Waals surface area (Å²) in [5.41, 5.74) is 0.638. The van der Waals surface area contributed by atoms with E-state index in [9.17, 15) is 18.0 Å². The molecule has 0 spiro atoms. The third kappa shape index (κ3) is 7.28. The number of amides is 2. The van der Waals surface area contributed by atoms with Crippen molar-refractivity contribution in [3.05, 3.63) is 54.1 Å². The highest BCUT2D eigenvalue weighted by atomic mass is 32.2. The number of nitrogens with one attached hydrogen (secondary N) is 3. The average Bonchev–Trinajstić information content (AvgIpc) is 2.62. The van der Waals surface area contributed by atoms with Crippen LogP contribution in [0, 0.1) is 0 Å². The maximum atomic E-state index is 12.5. The van der Waals surface area contributed by atoms with Crippen LogP contribution in [-0.4, -0.2) is 39.6 Å². The number of ether oxygens (including phenoxy) is 1. The van der Waals surface area contributed by atoms with Crippen LogP contribution in [0.25, 0.3) is 0 Å². The Balaban J connectivity index is 1.99. The Bertz CT molecular complexity index is 930. The van der Waals surface area contributed by atoms with Crippen molar-refractivity contribution in [2.45, 2.75) is 13.3 Å². The van der Waals surface area contributed by atoms with Crippen LogP contribution in [0.2, 0.25) is 0 Å². The molecule has 0 aromatic heterocycles. The fourth-order valence-electron chi connectivity index (χ4n) is 2.38. The molecular formula is C19H23N3O5S. The second-order valence-corrected chi connectivity index (χ2v) is 7.84. The Hall–Kier alpha value is -3.07. The molecule has 0 radical (unpaired) electrons. The van der Waals surface area contributed by atoms with Crippen LogP contribution in [0.4, 0.5) is 11.4 Å². The van der Waals surface area contributed by atoms with E-state index in [2.05, 4.69) is 15.4 Å². The summed E-state index contributed by atoms with van der Waals surface area (Å²) in [4.78, 5) is 23.8. The number of para-hydroxylation sites is 1. The molecule has 0 fully saturated rings. The number of sulfonamides is 1.